The topological polar surface area (TPSA) is 68.5 Å². The zero-order valence-electron chi connectivity index (χ0n) is 23.2. The molecule has 0 aliphatic carbocycles. The summed E-state index contributed by atoms with van der Waals surface area (Å²) in [5.41, 5.74) is 3.18. The van der Waals surface area contributed by atoms with E-state index in [0.717, 1.165) is 74.5 Å². The molecule has 1 aliphatic heterocycles. The van der Waals surface area contributed by atoms with Gasteiger partial charge in [-0.3, -0.25) is 14.7 Å². The number of ketones is 1. The van der Waals surface area contributed by atoms with Gasteiger partial charge in [-0.05, 0) is 76.4 Å². The predicted octanol–water partition coefficient (Wildman–Crippen LogP) is 6.32. The minimum Gasteiger partial charge on any atom is -0.508 e. The highest BCUT2D eigenvalue weighted by molar-refractivity contribution is 6.09. The molecular weight excluding hydrogens is 436 g/mol. The Balaban J connectivity index is 0.000000504. The molecule has 196 valence electrons. The minimum absolute atomic E-state index is 0.270. The number of allylic oxidation sites excluding steroid dienone is 1. The maximum atomic E-state index is 10.8. The highest BCUT2D eigenvalue weighted by Gasteiger charge is 2.06. The van der Waals surface area contributed by atoms with Crippen LogP contribution in [0.25, 0.3) is 0 Å². The zero-order valence-corrected chi connectivity index (χ0v) is 23.2. The number of aliphatic imine (C=N–C) groups is 2. The molecule has 0 aromatic heterocycles. The second-order valence-corrected chi connectivity index (χ2v) is 8.64. The first-order valence-corrected chi connectivity index (χ1v) is 12.9. The summed E-state index contributed by atoms with van der Waals surface area (Å²) >= 11 is 0. The van der Waals surface area contributed by atoms with Gasteiger partial charge in [0.05, 0.1) is 6.54 Å². The molecule has 1 aromatic rings. The van der Waals surface area contributed by atoms with Crippen LogP contribution >= 0.6 is 0 Å². The molecule has 2 rings (SSSR count). The third kappa shape index (κ3) is 14.3. The van der Waals surface area contributed by atoms with Crippen LogP contribution in [0.1, 0.15) is 67.2 Å². The van der Waals surface area contributed by atoms with Gasteiger partial charge in [0.25, 0.3) is 0 Å². The maximum absolute atomic E-state index is 10.8. The SMILES string of the molecule is C=C1C(C)=CC=NC1=NC.CCCN(CCC)CC(C)=O.CCCN(CCC)c1cccc(O)c1. The van der Waals surface area contributed by atoms with Crippen molar-refractivity contribution in [3.63, 3.8) is 0 Å². The Labute approximate surface area is 214 Å². The number of amidine groups is 1. The number of nitrogens with zero attached hydrogens (tertiary/aromatic N) is 4. The van der Waals surface area contributed by atoms with E-state index >= 15 is 0 Å². The van der Waals surface area contributed by atoms with E-state index in [1.165, 1.54) is 0 Å². The number of dihydropyridines is 1. The number of rotatable bonds is 11. The summed E-state index contributed by atoms with van der Waals surface area (Å²) in [6.07, 6.45) is 8.20. The van der Waals surface area contributed by atoms with Gasteiger partial charge in [0.15, 0.2) is 5.84 Å². The number of carbonyl (C=O) groups is 1. The quantitative estimate of drug-likeness (QED) is 0.399. The van der Waals surface area contributed by atoms with E-state index in [2.05, 4.69) is 54.1 Å². The van der Waals surface area contributed by atoms with E-state index in [0.29, 0.717) is 12.3 Å². The highest BCUT2D eigenvalue weighted by Crippen LogP contribution is 2.20. The van der Waals surface area contributed by atoms with E-state index in [-0.39, 0.29) is 5.78 Å². The summed E-state index contributed by atoms with van der Waals surface area (Å²) in [7, 11) is 1.72. The Morgan fingerprint density at radius 1 is 1.03 bits per heavy atom. The Morgan fingerprint density at radius 3 is 2.03 bits per heavy atom. The van der Waals surface area contributed by atoms with Gasteiger partial charge in [-0.15, -0.1) is 0 Å². The normalized spacial score (nSPS) is 13.5. The van der Waals surface area contributed by atoms with E-state index < -0.39 is 0 Å². The number of phenols is 1. The van der Waals surface area contributed by atoms with Gasteiger partial charge in [0.2, 0.25) is 0 Å². The van der Waals surface area contributed by atoms with Gasteiger partial charge < -0.3 is 10.0 Å². The van der Waals surface area contributed by atoms with Crippen molar-refractivity contribution in [2.75, 3.05) is 44.7 Å². The largest absolute Gasteiger partial charge is 0.508 e. The smallest absolute Gasteiger partial charge is 0.153 e. The Hall–Kier alpha value is -2.73. The van der Waals surface area contributed by atoms with Gasteiger partial charge in [-0.1, -0.05) is 40.3 Å². The van der Waals surface area contributed by atoms with Crippen molar-refractivity contribution in [3.05, 3.63) is 48.1 Å². The molecule has 1 aromatic carbocycles. The van der Waals surface area contributed by atoms with Gasteiger partial charge in [0.1, 0.15) is 11.5 Å². The standard InChI is InChI=1S/C12H19NO.C9H19NO.C8H10N2/c1-3-8-13(9-4-2)11-6-5-7-12(14)10-11;1-4-6-10(7-5-2)8-9(3)11;1-6-4-5-10-8(9-3)7(6)2/h5-7,10,14H,3-4,8-9H2,1-2H3;4-8H2,1-3H3;4-5H,2H2,1,3H3. The van der Waals surface area contributed by atoms with Crippen molar-refractivity contribution in [2.45, 2.75) is 67.2 Å². The molecule has 0 saturated carbocycles. The summed E-state index contributed by atoms with van der Waals surface area (Å²) in [5.74, 6) is 1.35. The molecule has 6 nitrogen and oxygen atoms in total. The molecule has 0 bridgehead atoms. The minimum atomic E-state index is 0.270. The molecule has 0 saturated heterocycles. The van der Waals surface area contributed by atoms with Crippen LogP contribution in [0.3, 0.4) is 0 Å². The second kappa shape index (κ2) is 19.6. The van der Waals surface area contributed by atoms with Gasteiger partial charge in [0, 0.05) is 43.7 Å². The van der Waals surface area contributed by atoms with Crippen LogP contribution in [0.5, 0.6) is 5.75 Å². The van der Waals surface area contributed by atoms with Crippen molar-refractivity contribution in [3.8, 4) is 5.75 Å². The number of benzene rings is 1. The van der Waals surface area contributed by atoms with Crippen molar-refractivity contribution < 1.29 is 9.90 Å². The molecule has 35 heavy (non-hydrogen) atoms. The lowest BCUT2D eigenvalue weighted by atomic mass is 10.1. The average Bonchev–Trinajstić information content (AvgIpc) is 2.81. The zero-order chi connectivity index (χ0) is 26.6. The Bertz CT molecular complexity index is 831. The fourth-order valence-electron chi connectivity index (χ4n) is 3.58. The summed E-state index contributed by atoms with van der Waals surface area (Å²) in [6.45, 7) is 20.9. The summed E-state index contributed by atoms with van der Waals surface area (Å²) in [4.78, 5) is 23.3. The molecule has 6 heteroatoms. The molecule has 0 atom stereocenters. The molecule has 1 aliphatic rings. The van der Waals surface area contributed by atoms with E-state index in [1.807, 2.05) is 31.2 Å². The number of Topliss-reactive ketones (excluding diaryl/α,β-unsaturated/α-hetero) is 1. The van der Waals surface area contributed by atoms with Gasteiger partial charge >= 0.3 is 0 Å². The van der Waals surface area contributed by atoms with Crippen molar-refractivity contribution in [2.24, 2.45) is 9.98 Å². The number of anilines is 1. The van der Waals surface area contributed by atoms with Gasteiger partial charge in [-0.2, -0.15) is 0 Å². The van der Waals surface area contributed by atoms with Crippen LogP contribution in [-0.2, 0) is 4.79 Å². The lowest BCUT2D eigenvalue weighted by Crippen LogP contribution is -2.30. The summed E-state index contributed by atoms with van der Waals surface area (Å²) in [6, 6.07) is 7.47. The van der Waals surface area contributed by atoms with Crippen LogP contribution in [0.15, 0.2) is 58.1 Å². The monoisotopic (exact) mass is 484 g/mol. The third-order valence-electron chi connectivity index (χ3n) is 5.19. The molecule has 0 unspecified atom stereocenters. The number of aromatic hydroxyl groups is 1. The first kappa shape index (κ1) is 32.3. The van der Waals surface area contributed by atoms with E-state index in [1.54, 1.807) is 26.3 Å². The van der Waals surface area contributed by atoms with E-state index in [9.17, 15) is 9.90 Å². The molecule has 0 radical (unpaired) electrons. The molecule has 1 heterocycles. The molecule has 0 spiro atoms. The highest BCUT2D eigenvalue weighted by atomic mass is 16.3. The number of hydrogen-bond donors (Lipinski definition) is 1. The van der Waals surface area contributed by atoms with Crippen molar-refractivity contribution in [1.82, 2.24) is 4.90 Å². The molecular formula is C29H48N4O2. The number of hydrogen-bond acceptors (Lipinski definition) is 5. The molecule has 1 N–H and O–H groups in total. The van der Waals surface area contributed by atoms with Crippen LogP contribution < -0.4 is 4.90 Å². The molecule has 0 fully saturated rings. The lowest BCUT2D eigenvalue weighted by molar-refractivity contribution is -0.118. The van der Waals surface area contributed by atoms with Crippen LogP contribution in [0.4, 0.5) is 5.69 Å². The fourth-order valence-corrected chi connectivity index (χ4v) is 3.58. The Kier molecular flexibility index (Phi) is 18.0. The van der Waals surface area contributed by atoms with Crippen molar-refractivity contribution in [1.29, 1.82) is 0 Å². The molecule has 0 amide bonds. The maximum Gasteiger partial charge on any atom is 0.153 e. The third-order valence-corrected chi connectivity index (χ3v) is 5.19. The van der Waals surface area contributed by atoms with Crippen molar-refractivity contribution >= 4 is 23.5 Å². The second-order valence-electron chi connectivity index (χ2n) is 8.64. The Morgan fingerprint density at radius 2 is 1.60 bits per heavy atom. The van der Waals surface area contributed by atoms with Crippen LogP contribution in [-0.4, -0.2) is 67.6 Å². The predicted molar refractivity (Wildman–Crippen MR) is 153 cm³/mol. The van der Waals surface area contributed by atoms with Gasteiger partial charge in [-0.25, -0.2) is 4.99 Å². The first-order chi connectivity index (χ1) is 16.7. The summed E-state index contributed by atoms with van der Waals surface area (Å²) in [5, 5.41) is 9.37. The number of carbonyl (C=O) groups excluding carboxylic acids is 1. The summed E-state index contributed by atoms with van der Waals surface area (Å²) < 4.78 is 0. The average molecular weight is 485 g/mol. The van der Waals surface area contributed by atoms with E-state index in [4.69, 9.17) is 0 Å². The first-order valence-electron chi connectivity index (χ1n) is 12.9. The van der Waals surface area contributed by atoms with Crippen LogP contribution in [0.2, 0.25) is 0 Å². The fraction of sp³-hybridized carbons (Fsp3) is 0.552. The number of phenolic OH excluding ortho intramolecular Hbond substituents is 1. The van der Waals surface area contributed by atoms with Crippen LogP contribution in [0, 0.1) is 0 Å². The lowest BCUT2D eigenvalue weighted by Gasteiger charge is -2.23.